The van der Waals surface area contributed by atoms with Crippen molar-refractivity contribution in [2.45, 2.75) is 26.2 Å². The Morgan fingerprint density at radius 2 is 2.09 bits per heavy atom. The summed E-state index contributed by atoms with van der Waals surface area (Å²) in [5.41, 5.74) is 0.732. The van der Waals surface area contributed by atoms with E-state index in [2.05, 4.69) is 12.2 Å². The van der Waals surface area contributed by atoms with Gasteiger partial charge in [0.05, 0.1) is 6.61 Å². The molecule has 0 bridgehead atoms. The number of hydrogen-bond donors (Lipinski definition) is 1. The second kappa shape index (κ2) is 9.70. The van der Waals surface area contributed by atoms with Gasteiger partial charge < -0.3 is 15.0 Å². The van der Waals surface area contributed by atoms with Crippen LogP contribution in [0.25, 0.3) is 0 Å². The molecular formula is C17H27ClN2O2. The van der Waals surface area contributed by atoms with E-state index >= 15 is 0 Å². The molecule has 1 aromatic rings. The van der Waals surface area contributed by atoms with Crippen molar-refractivity contribution < 1.29 is 9.53 Å². The summed E-state index contributed by atoms with van der Waals surface area (Å²) in [6.45, 7) is 5.51. The fourth-order valence-corrected chi connectivity index (χ4v) is 2.75. The quantitative estimate of drug-likeness (QED) is 0.874. The molecule has 1 aliphatic heterocycles. The molecule has 0 saturated carbocycles. The summed E-state index contributed by atoms with van der Waals surface area (Å²) in [5.74, 6) is 1.60. The molecule has 0 spiro atoms. The predicted octanol–water partition coefficient (Wildman–Crippen LogP) is 2.97. The third-order valence-electron chi connectivity index (χ3n) is 3.95. The van der Waals surface area contributed by atoms with Gasteiger partial charge in [0.25, 0.3) is 5.91 Å². The van der Waals surface area contributed by atoms with Crippen LogP contribution in [0.1, 0.15) is 36.5 Å². The molecule has 0 unspecified atom stereocenters. The van der Waals surface area contributed by atoms with Crippen molar-refractivity contribution >= 4 is 18.3 Å². The zero-order valence-corrected chi connectivity index (χ0v) is 14.3. The fraction of sp³-hybridized carbons (Fsp3) is 0.588. The van der Waals surface area contributed by atoms with Crippen LogP contribution in [0.5, 0.6) is 5.75 Å². The molecule has 4 nitrogen and oxygen atoms in total. The molecule has 1 heterocycles. The first-order valence-electron chi connectivity index (χ1n) is 7.91. The summed E-state index contributed by atoms with van der Waals surface area (Å²) in [6.07, 6.45) is 3.13. The van der Waals surface area contributed by atoms with E-state index in [1.54, 1.807) is 0 Å². The normalized spacial score (nSPS) is 15.3. The summed E-state index contributed by atoms with van der Waals surface area (Å²) in [6, 6.07) is 7.54. The number of hydrogen-bond acceptors (Lipinski definition) is 3. The maximum absolute atomic E-state index is 12.5. The lowest BCUT2D eigenvalue weighted by Gasteiger charge is -2.32. The van der Waals surface area contributed by atoms with E-state index in [1.165, 1.54) is 0 Å². The van der Waals surface area contributed by atoms with Crippen LogP contribution in [0.2, 0.25) is 0 Å². The average Bonchev–Trinajstić information content (AvgIpc) is 2.53. The highest BCUT2D eigenvalue weighted by Crippen LogP contribution is 2.20. The smallest absolute Gasteiger partial charge is 0.253 e. The Morgan fingerprint density at radius 3 is 2.73 bits per heavy atom. The SMILES string of the molecule is CCCOc1cccc(C(=O)N2CCC(CNC)CC2)c1.Cl. The van der Waals surface area contributed by atoms with Crippen LogP contribution >= 0.6 is 12.4 Å². The largest absolute Gasteiger partial charge is 0.494 e. The van der Waals surface area contributed by atoms with Gasteiger partial charge in [-0.25, -0.2) is 0 Å². The highest BCUT2D eigenvalue weighted by atomic mass is 35.5. The second-order valence-electron chi connectivity index (χ2n) is 5.67. The van der Waals surface area contributed by atoms with Gasteiger partial charge in [-0.3, -0.25) is 4.79 Å². The van der Waals surface area contributed by atoms with Gasteiger partial charge in [-0.15, -0.1) is 12.4 Å². The van der Waals surface area contributed by atoms with E-state index in [0.717, 1.165) is 50.2 Å². The molecule has 0 aromatic heterocycles. The van der Waals surface area contributed by atoms with Crippen molar-refractivity contribution in [2.75, 3.05) is 33.3 Å². The molecule has 1 saturated heterocycles. The van der Waals surface area contributed by atoms with E-state index in [-0.39, 0.29) is 18.3 Å². The van der Waals surface area contributed by atoms with Crippen molar-refractivity contribution in [3.05, 3.63) is 29.8 Å². The maximum Gasteiger partial charge on any atom is 0.253 e. The van der Waals surface area contributed by atoms with Gasteiger partial charge in [-0.05, 0) is 57.0 Å². The first-order chi connectivity index (χ1) is 10.2. The molecule has 0 atom stereocenters. The molecule has 124 valence electrons. The van der Waals surface area contributed by atoms with Gasteiger partial charge in [0, 0.05) is 18.7 Å². The topological polar surface area (TPSA) is 41.6 Å². The third-order valence-corrected chi connectivity index (χ3v) is 3.95. The number of likely N-dealkylation sites (tertiary alicyclic amines) is 1. The summed E-state index contributed by atoms with van der Waals surface area (Å²) < 4.78 is 5.60. The van der Waals surface area contributed by atoms with Gasteiger partial charge >= 0.3 is 0 Å². The van der Waals surface area contributed by atoms with Crippen molar-refractivity contribution in [3.63, 3.8) is 0 Å². The Bertz CT molecular complexity index is 460. The number of benzene rings is 1. The fourth-order valence-electron chi connectivity index (χ4n) is 2.75. The lowest BCUT2D eigenvalue weighted by atomic mass is 9.96. The molecule has 1 N–H and O–H groups in total. The minimum absolute atomic E-state index is 0. The van der Waals surface area contributed by atoms with Gasteiger partial charge in [0.1, 0.15) is 5.75 Å². The monoisotopic (exact) mass is 326 g/mol. The van der Waals surface area contributed by atoms with E-state index in [0.29, 0.717) is 12.5 Å². The van der Waals surface area contributed by atoms with Crippen LogP contribution in [0, 0.1) is 5.92 Å². The molecule has 1 aliphatic rings. The van der Waals surface area contributed by atoms with E-state index in [1.807, 2.05) is 36.2 Å². The van der Waals surface area contributed by atoms with Gasteiger partial charge in [-0.2, -0.15) is 0 Å². The Kier molecular flexibility index (Phi) is 8.28. The first-order valence-corrected chi connectivity index (χ1v) is 7.91. The van der Waals surface area contributed by atoms with E-state index in [9.17, 15) is 4.79 Å². The van der Waals surface area contributed by atoms with Gasteiger partial charge in [0.2, 0.25) is 0 Å². The zero-order valence-electron chi connectivity index (χ0n) is 13.5. The van der Waals surface area contributed by atoms with Crippen molar-refractivity contribution in [1.82, 2.24) is 10.2 Å². The number of carbonyl (C=O) groups excluding carboxylic acids is 1. The molecule has 0 aliphatic carbocycles. The molecule has 22 heavy (non-hydrogen) atoms. The summed E-state index contributed by atoms with van der Waals surface area (Å²) in [4.78, 5) is 14.5. The Hall–Kier alpha value is -1.26. The minimum Gasteiger partial charge on any atom is -0.494 e. The van der Waals surface area contributed by atoms with Crippen LogP contribution in [-0.4, -0.2) is 44.1 Å². The molecule has 1 amide bonds. The Morgan fingerprint density at radius 1 is 1.36 bits per heavy atom. The molecule has 0 radical (unpaired) electrons. The number of rotatable bonds is 6. The highest BCUT2D eigenvalue weighted by molar-refractivity contribution is 5.94. The Balaban J connectivity index is 0.00000242. The van der Waals surface area contributed by atoms with Crippen LogP contribution in [0.4, 0.5) is 0 Å². The minimum atomic E-state index is 0. The van der Waals surface area contributed by atoms with Crippen LogP contribution in [0.3, 0.4) is 0 Å². The summed E-state index contributed by atoms with van der Waals surface area (Å²) in [5, 5.41) is 3.22. The average molecular weight is 327 g/mol. The molecule has 2 rings (SSSR count). The van der Waals surface area contributed by atoms with Crippen molar-refractivity contribution in [2.24, 2.45) is 5.92 Å². The van der Waals surface area contributed by atoms with E-state index in [4.69, 9.17) is 4.74 Å². The number of nitrogens with zero attached hydrogens (tertiary/aromatic N) is 1. The molecule has 1 fully saturated rings. The zero-order chi connectivity index (χ0) is 15.1. The molecule has 5 heteroatoms. The Labute approximate surface area is 139 Å². The summed E-state index contributed by atoms with van der Waals surface area (Å²) in [7, 11) is 1.99. The number of piperidine rings is 1. The first kappa shape index (κ1) is 18.8. The van der Waals surface area contributed by atoms with Gasteiger partial charge in [-0.1, -0.05) is 13.0 Å². The molecule has 1 aromatic carbocycles. The standard InChI is InChI=1S/C17H26N2O2.ClH/c1-3-11-21-16-6-4-5-15(12-16)17(20)19-9-7-14(8-10-19)13-18-2;/h4-6,12,14,18H,3,7-11,13H2,1-2H3;1H. The van der Waals surface area contributed by atoms with Crippen molar-refractivity contribution in [3.8, 4) is 5.75 Å². The lowest BCUT2D eigenvalue weighted by Crippen LogP contribution is -2.40. The number of nitrogens with one attached hydrogen (secondary N) is 1. The highest BCUT2D eigenvalue weighted by Gasteiger charge is 2.23. The van der Waals surface area contributed by atoms with Crippen molar-refractivity contribution in [1.29, 1.82) is 0 Å². The maximum atomic E-state index is 12.5. The number of ether oxygens (including phenoxy) is 1. The van der Waals surface area contributed by atoms with Gasteiger partial charge in [0.15, 0.2) is 0 Å². The third kappa shape index (κ3) is 5.18. The molecular weight excluding hydrogens is 300 g/mol. The van der Waals surface area contributed by atoms with Crippen LogP contribution in [0.15, 0.2) is 24.3 Å². The number of carbonyl (C=O) groups is 1. The second-order valence-corrected chi connectivity index (χ2v) is 5.67. The van der Waals surface area contributed by atoms with Crippen LogP contribution < -0.4 is 10.1 Å². The number of amides is 1. The van der Waals surface area contributed by atoms with Crippen LogP contribution in [-0.2, 0) is 0 Å². The summed E-state index contributed by atoms with van der Waals surface area (Å²) >= 11 is 0. The number of halogens is 1. The van der Waals surface area contributed by atoms with E-state index < -0.39 is 0 Å². The lowest BCUT2D eigenvalue weighted by molar-refractivity contribution is 0.0690. The predicted molar refractivity (Wildman–Crippen MR) is 92.0 cm³/mol.